The number of carbonyl (C=O) groups excluding carboxylic acids is 3. The van der Waals surface area contributed by atoms with Crippen molar-refractivity contribution in [2.24, 2.45) is 5.92 Å². The second-order valence-electron chi connectivity index (χ2n) is 7.89. The smallest absolute Gasteiger partial charge is 0.317 e. The summed E-state index contributed by atoms with van der Waals surface area (Å²) in [5.74, 6) is -0.125. The fraction of sp³-hybridized carbons (Fsp3) is 0.650. The second kappa shape index (κ2) is 9.41. The minimum absolute atomic E-state index is 0.0208. The van der Waals surface area contributed by atoms with Crippen LogP contribution in [-0.2, 0) is 4.79 Å². The first-order valence-corrected chi connectivity index (χ1v) is 11.0. The van der Waals surface area contributed by atoms with Gasteiger partial charge in [-0.15, -0.1) is 11.3 Å². The van der Waals surface area contributed by atoms with Crippen molar-refractivity contribution in [3.05, 3.63) is 22.4 Å². The Labute approximate surface area is 170 Å². The highest BCUT2D eigenvalue weighted by Gasteiger charge is 2.37. The van der Waals surface area contributed by atoms with E-state index in [0.717, 1.165) is 25.9 Å². The van der Waals surface area contributed by atoms with Gasteiger partial charge in [-0.2, -0.15) is 0 Å². The molecule has 2 saturated heterocycles. The van der Waals surface area contributed by atoms with Gasteiger partial charge in [0.05, 0.1) is 4.88 Å². The molecule has 2 aliphatic rings. The standard InChI is InChI=1S/C20H30N4O3S/c1-14(2)21-20(27)24-11-7-15(8-12-24)17(19(26)23-9-3-4-10-23)22-18(25)16-6-5-13-28-16/h5-6,13-15,17H,3-4,7-12H2,1-2H3,(H,21,27)(H,22,25). The fourth-order valence-corrected chi connectivity index (χ4v) is 4.54. The molecule has 2 N–H and O–H groups in total. The van der Waals surface area contributed by atoms with Crippen LogP contribution in [0.2, 0.25) is 0 Å². The molecule has 1 aromatic rings. The van der Waals surface area contributed by atoms with Gasteiger partial charge in [0, 0.05) is 32.2 Å². The van der Waals surface area contributed by atoms with Crippen LogP contribution >= 0.6 is 11.3 Å². The molecule has 3 heterocycles. The van der Waals surface area contributed by atoms with Gasteiger partial charge in [-0.25, -0.2) is 4.79 Å². The van der Waals surface area contributed by atoms with Crippen LogP contribution in [0.25, 0.3) is 0 Å². The van der Waals surface area contributed by atoms with Gasteiger partial charge in [0.15, 0.2) is 0 Å². The number of urea groups is 1. The van der Waals surface area contributed by atoms with Gasteiger partial charge >= 0.3 is 6.03 Å². The lowest BCUT2D eigenvalue weighted by Crippen LogP contribution is -2.55. The van der Waals surface area contributed by atoms with Gasteiger partial charge in [0.1, 0.15) is 6.04 Å². The predicted molar refractivity (Wildman–Crippen MR) is 109 cm³/mol. The zero-order valence-corrected chi connectivity index (χ0v) is 17.5. The van der Waals surface area contributed by atoms with Crippen molar-refractivity contribution in [3.8, 4) is 0 Å². The van der Waals surface area contributed by atoms with Gasteiger partial charge in [0.2, 0.25) is 5.91 Å². The molecule has 3 rings (SSSR count). The molecule has 1 unspecified atom stereocenters. The van der Waals surface area contributed by atoms with Crippen LogP contribution in [0.5, 0.6) is 0 Å². The number of thiophene rings is 1. The largest absolute Gasteiger partial charge is 0.341 e. The Morgan fingerprint density at radius 3 is 2.29 bits per heavy atom. The van der Waals surface area contributed by atoms with E-state index in [1.807, 2.05) is 30.2 Å². The van der Waals surface area contributed by atoms with Crippen LogP contribution in [0, 0.1) is 5.92 Å². The number of likely N-dealkylation sites (tertiary alicyclic amines) is 2. The van der Waals surface area contributed by atoms with E-state index in [-0.39, 0.29) is 29.8 Å². The third kappa shape index (κ3) is 5.04. The molecule has 0 bridgehead atoms. The predicted octanol–water partition coefficient (Wildman–Crippen LogP) is 2.30. The first kappa shape index (κ1) is 20.6. The molecular formula is C20H30N4O3S. The van der Waals surface area contributed by atoms with E-state index in [1.54, 1.807) is 11.0 Å². The maximum absolute atomic E-state index is 13.1. The van der Waals surface area contributed by atoms with E-state index in [2.05, 4.69) is 10.6 Å². The van der Waals surface area contributed by atoms with E-state index in [1.165, 1.54) is 11.3 Å². The Morgan fingerprint density at radius 1 is 1.04 bits per heavy atom. The molecule has 0 spiro atoms. The highest BCUT2D eigenvalue weighted by atomic mass is 32.1. The topological polar surface area (TPSA) is 81.8 Å². The molecule has 8 heteroatoms. The number of piperidine rings is 1. The summed E-state index contributed by atoms with van der Waals surface area (Å²) in [6, 6.07) is 3.13. The normalized spacial score (nSPS) is 19.0. The minimum atomic E-state index is -0.525. The lowest BCUT2D eigenvalue weighted by molar-refractivity contribution is -0.134. The monoisotopic (exact) mass is 406 g/mol. The lowest BCUT2D eigenvalue weighted by atomic mass is 9.88. The molecule has 0 saturated carbocycles. The van der Waals surface area contributed by atoms with Crippen molar-refractivity contribution in [2.75, 3.05) is 26.2 Å². The summed E-state index contributed by atoms with van der Waals surface area (Å²) in [7, 11) is 0. The van der Waals surface area contributed by atoms with E-state index in [9.17, 15) is 14.4 Å². The Balaban J connectivity index is 1.66. The van der Waals surface area contributed by atoms with Gasteiger partial charge in [0.25, 0.3) is 5.91 Å². The SMILES string of the molecule is CC(C)NC(=O)N1CCC(C(NC(=O)c2cccs2)C(=O)N2CCCC2)CC1. The molecule has 1 atom stereocenters. The molecule has 0 aliphatic carbocycles. The molecule has 1 aromatic heterocycles. The molecule has 2 aliphatic heterocycles. The van der Waals surface area contributed by atoms with E-state index in [0.29, 0.717) is 30.8 Å². The number of amides is 4. The quantitative estimate of drug-likeness (QED) is 0.787. The molecule has 2 fully saturated rings. The number of nitrogens with one attached hydrogen (secondary N) is 2. The van der Waals surface area contributed by atoms with Crippen LogP contribution in [-0.4, -0.2) is 65.9 Å². The molecule has 4 amide bonds. The van der Waals surface area contributed by atoms with Crippen molar-refractivity contribution in [1.29, 1.82) is 0 Å². The second-order valence-corrected chi connectivity index (χ2v) is 8.84. The van der Waals surface area contributed by atoms with Gasteiger partial charge in [-0.1, -0.05) is 6.07 Å². The lowest BCUT2D eigenvalue weighted by Gasteiger charge is -2.37. The van der Waals surface area contributed by atoms with Crippen molar-refractivity contribution in [1.82, 2.24) is 20.4 Å². The van der Waals surface area contributed by atoms with Crippen molar-refractivity contribution in [3.63, 3.8) is 0 Å². The van der Waals surface area contributed by atoms with Crippen LogP contribution < -0.4 is 10.6 Å². The van der Waals surface area contributed by atoms with E-state index in [4.69, 9.17) is 0 Å². The summed E-state index contributed by atoms with van der Waals surface area (Å²) in [6.07, 6.45) is 3.46. The van der Waals surface area contributed by atoms with E-state index >= 15 is 0 Å². The first-order valence-electron chi connectivity index (χ1n) is 10.1. The molecule has 0 radical (unpaired) electrons. The Hall–Kier alpha value is -2.09. The molecule has 0 aromatic carbocycles. The van der Waals surface area contributed by atoms with Gasteiger partial charge < -0.3 is 20.4 Å². The fourth-order valence-electron chi connectivity index (χ4n) is 3.91. The number of nitrogens with zero attached hydrogens (tertiary/aromatic N) is 2. The maximum Gasteiger partial charge on any atom is 0.317 e. The molecular weight excluding hydrogens is 376 g/mol. The van der Waals surface area contributed by atoms with Gasteiger partial charge in [-0.05, 0) is 56.9 Å². The van der Waals surface area contributed by atoms with Crippen molar-refractivity contribution in [2.45, 2.75) is 51.6 Å². The molecule has 28 heavy (non-hydrogen) atoms. The summed E-state index contributed by atoms with van der Waals surface area (Å²) in [5.41, 5.74) is 0. The number of carbonyl (C=O) groups is 3. The highest BCUT2D eigenvalue weighted by molar-refractivity contribution is 7.12. The van der Waals surface area contributed by atoms with Crippen LogP contribution in [0.15, 0.2) is 17.5 Å². The third-order valence-electron chi connectivity index (χ3n) is 5.43. The maximum atomic E-state index is 13.1. The number of hydrogen-bond donors (Lipinski definition) is 2. The summed E-state index contributed by atoms with van der Waals surface area (Å²) >= 11 is 1.38. The Kier molecular flexibility index (Phi) is 6.93. The van der Waals surface area contributed by atoms with Crippen molar-refractivity contribution >= 4 is 29.2 Å². The highest BCUT2D eigenvalue weighted by Crippen LogP contribution is 2.24. The minimum Gasteiger partial charge on any atom is -0.341 e. The van der Waals surface area contributed by atoms with Crippen molar-refractivity contribution < 1.29 is 14.4 Å². The van der Waals surface area contributed by atoms with Gasteiger partial charge in [-0.3, -0.25) is 9.59 Å². The third-order valence-corrected chi connectivity index (χ3v) is 6.29. The molecule has 154 valence electrons. The summed E-state index contributed by atoms with van der Waals surface area (Å²) in [5, 5.41) is 7.78. The zero-order chi connectivity index (χ0) is 20.1. The average molecular weight is 407 g/mol. The Bertz CT molecular complexity index is 678. The van der Waals surface area contributed by atoms with E-state index < -0.39 is 6.04 Å². The number of hydrogen-bond acceptors (Lipinski definition) is 4. The summed E-state index contributed by atoms with van der Waals surface area (Å²) in [4.78, 5) is 42.3. The summed E-state index contributed by atoms with van der Waals surface area (Å²) < 4.78 is 0. The number of rotatable bonds is 5. The van der Waals surface area contributed by atoms with Crippen LogP contribution in [0.4, 0.5) is 4.79 Å². The van der Waals surface area contributed by atoms with Crippen LogP contribution in [0.3, 0.4) is 0 Å². The Morgan fingerprint density at radius 2 is 1.71 bits per heavy atom. The summed E-state index contributed by atoms with van der Waals surface area (Å²) in [6.45, 7) is 6.61. The zero-order valence-electron chi connectivity index (χ0n) is 16.6. The first-order chi connectivity index (χ1) is 13.5. The van der Waals surface area contributed by atoms with Crippen LogP contribution in [0.1, 0.15) is 49.2 Å². The average Bonchev–Trinajstić information content (AvgIpc) is 3.39. The molecule has 7 nitrogen and oxygen atoms in total.